The van der Waals surface area contributed by atoms with Crippen LogP contribution in [0.1, 0.15) is 21.7 Å². The van der Waals surface area contributed by atoms with Gasteiger partial charge in [0.1, 0.15) is 5.82 Å². The van der Waals surface area contributed by atoms with Crippen molar-refractivity contribution in [2.45, 2.75) is 17.9 Å². The fourth-order valence-corrected chi connectivity index (χ4v) is 4.39. The fraction of sp³-hybridized carbons (Fsp3) is 0.120. The molecule has 0 unspecified atom stereocenters. The molecule has 1 heterocycles. The lowest BCUT2D eigenvalue weighted by molar-refractivity contribution is -0.137. The van der Waals surface area contributed by atoms with Crippen molar-refractivity contribution in [2.24, 2.45) is 0 Å². The van der Waals surface area contributed by atoms with Gasteiger partial charge in [0.2, 0.25) is 5.91 Å². The number of hydrogen-bond acceptors (Lipinski definition) is 5. The molecule has 2 N–H and O–H groups in total. The average molecular weight is 564 g/mol. The summed E-state index contributed by atoms with van der Waals surface area (Å²) in [4.78, 5) is 25.0. The van der Waals surface area contributed by atoms with E-state index in [2.05, 4.69) is 20.8 Å². The van der Waals surface area contributed by atoms with Crippen molar-refractivity contribution in [3.05, 3.63) is 101 Å². The lowest BCUT2D eigenvalue weighted by atomic mass is 10.1. The quantitative estimate of drug-likeness (QED) is 0.211. The van der Waals surface area contributed by atoms with Gasteiger partial charge in [-0.3, -0.25) is 14.2 Å². The van der Waals surface area contributed by atoms with Crippen molar-refractivity contribution >= 4 is 40.9 Å². The van der Waals surface area contributed by atoms with Crippen LogP contribution in [0.15, 0.2) is 78.0 Å². The summed E-state index contributed by atoms with van der Waals surface area (Å²) in [5, 5.41) is 13.6. The summed E-state index contributed by atoms with van der Waals surface area (Å²) in [7, 11) is 0. The van der Waals surface area contributed by atoms with Crippen LogP contribution in [0.4, 0.5) is 23.2 Å². The Balaban J connectivity index is 1.53. The molecular weight excluding hydrogens is 546 g/mol. The zero-order valence-corrected chi connectivity index (χ0v) is 20.9. The number of thioether (sulfide) groups is 1. The van der Waals surface area contributed by atoms with Gasteiger partial charge in [-0.25, -0.2) is 4.39 Å². The molecule has 7 nitrogen and oxygen atoms in total. The number of aromatic nitrogens is 3. The van der Waals surface area contributed by atoms with Gasteiger partial charge >= 0.3 is 6.18 Å². The molecule has 3 aromatic carbocycles. The van der Waals surface area contributed by atoms with Crippen molar-refractivity contribution in [2.75, 3.05) is 11.1 Å². The first-order valence-electron chi connectivity index (χ1n) is 11.0. The molecule has 196 valence electrons. The third-order valence-corrected chi connectivity index (χ3v) is 6.30. The summed E-state index contributed by atoms with van der Waals surface area (Å²) >= 11 is 7.06. The molecular formula is C25H18ClF4N5O2S. The van der Waals surface area contributed by atoms with Gasteiger partial charge in [-0.05, 0) is 42.5 Å². The minimum Gasteiger partial charge on any atom is -0.345 e. The Bertz CT molecular complexity index is 1480. The first kappa shape index (κ1) is 27.1. The average Bonchev–Trinajstić information content (AvgIpc) is 3.29. The van der Waals surface area contributed by atoms with Crippen LogP contribution < -0.4 is 10.6 Å². The molecule has 0 radical (unpaired) electrons. The number of anilines is 1. The summed E-state index contributed by atoms with van der Waals surface area (Å²) in [5.74, 6) is -2.08. The van der Waals surface area contributed by atoms with Gasteiger partial charge in [0.15, 0.2) is 11.0 Å². The van der Waals surface area contributed by atoms with E-state index in [1.807, 2.05) is 0 Å². The predicted octanol–water partition coefficient (Wildman–Crippen LogP) is 5.74. The van der Waals surface area contributed by atoms with Gasteiger partial charge in [0.25, 0.3) is 5.91 Å². The highest BCUT2D eigenvalue weighted by atomic mass is 35.5. The first-order valence-corrected chi connectivity index (χ1v) is 12.3. The summed E-state index contributed by atoms with van der Waals surface area (Å²) in [5.41, 5.74) is -0.957. The van der Waals surface area contributed by atoms with E-state index in [4.69, 9.17) is 11.6 Å². The van der Waals surface area contributed by atoms with Crippen molar-refractivity contribution in [1.29, 1.82) is 0 Å². The minimum atomic E-state index is -4.63. The van der Waals surface area contributed by atoms with E-state index in [1.165, 1.54) is 34.9 Å². The SMILES string of the molecule is O=C(CSc1nnc(CNC(=O)c2ccccc2F)n1-c1cccc(Cl)c1)Nc1ccccc1C(F)(F)F. The van der Waals surface area contributed by atoms with Crippen molar-refractivity contribution < 1.29 is 27.2 Å². The van der Waals surface area contributed by atoms with Crippen LogP contribution in [0.5, 0.6) is 0 Å². The molecule has 0 aliphatic carbocycles. The summed E-state index contributed by atoms with van der Waals surface area (Å²) in [6, 6.07) is 16.8. The molecule has 1 aromatic heterocycles. The van der Waals surface area contributed by atoms with E-state index in [1.54, 1.807) is 24.3 Å². The molecule has 0 atom stereocenters. The van der Waals surface area contributed by atoms with Crippen molar-refractivity contribution in [1.82, 2.24) is 20.1 Å². The van der Waals surface area contributed by atoms with E-state index in [0.29, 0.717) is 10.7 Å². The highest BCUT2D eigenvalue weighted by Crippen LogP contribution is 2.34. The normalized spacial score (nSPS) is 11.3. The van der Waals surface area contributed by atoms with Crippen LogP contribution in [0.3, 0.4) is 0 Å². The van der Waals surface area contributed by atoms with E-state index < -0.39 is 29.4 Å². The summed E-state index contributed by atoms with van der Waals surface area (Å²) in [6.45, 7) is -0.140. The fourth-order valence-electron chi connectivity index (χ4n) is 3.44. The number of hydrogen-bond donors (Lipinski definition) is 2. The zero-order chi connectivity index (χ0) is 27.3. The topological polar surface area (TPSA) is 88.9 Å². The second-order valence-corrected chi connectivity index (χ2v) is 9.14. The third kappa shape index (κ3) is 6.50. The predicted molar refractivity (Wildman–Crippen MR) is 135 cm³/mol. The molecule has 0 saturated heterocycles. The lowest BCUT2D eigenvalue weighted by Gasteiger charge is -2.14. The third-order valence-electron chi connectivity index (χ3n) is 5.13. The number of alkyl halides is 3. The standard InChI is InChI=1S/C25H18ClF4N5O2S/c26-15-6-5-7-16(12-15)35-21(13-31-23(37)17-8-1-3-10-19(17)27)33-34-24(35)38-14-22(36)32-20-11-4-2-9-18(20)25(28,29)30/h1-12H,13-14H2,(H,31,37)(H,32,36). The van der Waals surface area contributed by atoms with Gasteiger partial charge in [-0.2, -0.15) is 13.2 Å². The lowest BCUT2D eigenvalue weighted by Crippen LogP contribution is -2.25. The molecule has 4 aromatic rings. The summed E-state index contributed by atoms with van der Waals surface area (Å²) in [6.07, 6.45) is -4.63. The first-order chi connectivity index (χ1) is 18.1. The van der Waals surface area contributed by atoms with Crippen LogP contribution >= 0.6 is 23.4 Å². The van der Waals surface area contributed by atoms with Crippen LogP contribution in [0, 0.1) is 5.82 Å². The molecule has 13 heteroatoms. The number of carbonyl (C=O) groups is 2. The van der Waals surface area contributed by atoms with Gasteiger partial charge in [-0.15, -0.1) is 10.2 Å². The van der Waals surface area contributed by atoms with Gasteiger partial charge in [0.05, 0.1) is 34.8 Å². The number of amides is 2. The molecule has 0 aliphatic rings. The molecule has 0 spiro atoms. The maximum Gasteiger partial charge on any atom is 0.418 e. The molecule has 0 fully saturated rings. The van der Waals surface area contributed by atoms with Gasteiger partial charge < -0.3 is 10.6 Å². The second kappa shape index (κ2) is 11.7. The number of carbonyl (C=O) groups excluding carboxylic acids is 2. The Morgan fingerprint density at radius 2 is 1.71 bits per heavy atom. The maximum absolute atomic E-state index is 14.0. The van der Waals surface area contributed by atoms with E-state index in [-0.39, 0.29) is 34.5 Å². The largest absolute Gasteiger partial charge is 0.418 e. The smallest absolute Gasteiger partial charge is 0.345 e. The number of halogens is 5. The number of nitrogens with one attached hydrogen (secondary N) is 2. The molecule has 0 saturated carbocycles. The Kier molecular flexibility index (Phi) is 8.32. The van der Waals surface area contributed by atoms with Crippen LogP contribution in [0.2, 0.25) is 5.02 Å². The minimum absolute atomic E-state index is 0.140. The van der Waals surface area contributed by atoms with Crippen molar-refractivity contribution in [3.63, 3.8) is 0 Å². The van der Waals surface area contributed by atoms with E-state index in [9.17, 15) is 27.2 Å². The summed E-state index contributed by atoms with van der Waals surface area (Å²) < 4.78 is 55.2. The molecule has 0 bridgehead atoms. The Labute approximate surface area is 223 Å². The van der Waals surface area contributed by atoms with Crippen LogP contribution in [-0.4, -0.2) is 32.3 Å². The molecule has 0 aliphatic heterocycles. The van der Waals surface area contributed by atoms with Crippen molar-refractivity contribution in [3.8, 4) is 5.69 Å². The highest BCUT2D eigenvalue weighted by molar-refractivity contribution is 7.99. The molecule has 38 heavy (non-hydrogen) atoms. The second-order valence-electron chi connectivity index (χ2n) is 7.76. The Hall–Kier alpha value is -3.90. The Morgan fingerprint density at radius 3 is 2.45 bits per heavy atom. The monoisotopic (exact) mass is 563 g/mol. The van der Waals surface area contributed by atoms with Gasteiger partial charge in [0, 0.05) is 5.02 Å². The highest BCUT2D eigenvalue weighted by Gasteiger charge is 2.33. The Morgan fingerprint density at radius 1 is 0.974 bits per heavy atom. The number of benzene rings is 3. The van der Waals surface area contributed by atoms with Gasteiger partial charge in [-0.1, -0.05) is 53.7 Å². The van der Waals surface area contributed by atoms with E-state index >= 15 is 0 Å². The number of para-hydroxylation sites is 1. The van der Waals surface area contributed by atoms with E-state index in [0.717, 1.165) is 30.0 Å². The maximum atomic E-state index is 14.0. The zero-order valence-electron chi connectivity index (χ0n) is 19.3. The number of nitrogens with zero attached hydrogens (tertiary/aromatic N) is 3. The van der Waals surface area contributed by atoms with Crippen LogP contribution in [0.25, 0.3) is 5.69 Å². The number of rotatable bonds is 8. The van der Waals surface area contributed by atoms with Crippen LogP contribution in [-0.2, 0) is 17.5 Å². The molecule has 4 rings (SSSR count). The molecule has 2 amide bonds.